The minimum Gasteiger partial charge on any atom is -0.365 e. The van der Waals surface area contributed by atoms with E-state index >= 15 is 0 Å². The van der Waals surface area contributed by atoms with E-state index in [1.165, 1.54) is 0 Å². The molecule has 8 heteroatoms. The number of halogens is 2. The number of rotatable bonds is 5. The van der Waals surface area contributed by atoms with E-state index in [0.29, 0.717) is 10.7 Å². The van der Waals surface area contributed by atoms with Gasteiger partial charge in [-0.1, -0.05) is 24.1 Å². The molecular weight excluding hydrogens is 357 g/mol. The van der Waals surface area contributed by atoms with Gasteiger partial charge in [-0.25, -0.2) is 4.98 Å². The molecule has 2 atom stereocenters. The van der Waals surface area contributed by atoms with Crippen LogP contribution in [-0.4, -0.2) is 18.0 Å². The van der Waals surface area contributed by atoms with Crippen LogP contribution in [0.4, 0.5) is 21.7 Å². The summed E-state index contributed by atoms with van der Waals surface area (Å²) in [4.78, 5) is 14.6. The highest BCUT2D eigenvalue weighted by Crippen LogP contribution is 2.24. The van der Waals surface area contributed by atoms with Gasteiger partial charge in [-0.2, -0.15) is 4.39 Å². The first-order chi connectivity index (χ1) is 12.4. The standard InChI is InChI=1S/C18H21ClFN5O/c19-10-4-3-5-11(8-10)23-17-12(16(22)26)9-13(20)18(25-17)24-15-7-2-1-6-14(15)21/h3-5,8-9,14-15H,1-2,6-7,21H2,(H2,22,26)(H2,23,24,25)/p+1. The minimum atomic E-state index is -0.745. The van der Waals surface area contributed by atoms with Gasteiger partial charge in [0.2, 0.25) is 5.82 Å². The highest BCUT2D eigenvalue weighted by molar-refractivity contribution is 6.30. The molecule has 3 rings (SSSR count). The Kier molecular flexibility index (Phi) is 5.58. The van der Waals surface area contributed by atoms with Gasteiger partial charge >= 0.3 is 0 Å². The van der Waals surface area contributed by atoms with Crippen molar-refractivity contribution in [2.45, 2.75) is 37.8 Å². The van der Waals surface area contributed by atoms with Crippen LogP contribution < -0.4 is 27.1 Å². The molecule has 1 amide bonds. The average Bonchev–Trinajstić information content (AvgIpc) is 2.59. The van der Waals surface area contributed by atoms with Crippen LogP contribution in [0.25, 0.3) is 0 Å². The number of nitrogens with one attached hydrogen (secondary N) is 3. The van der Waals surface area contributed by atoms with Crippen molar-refractivity contribution in [2.75, 3.05) is 10.6 Å². The van der Waals surface area contributed by atoms with Crippen LogP contribution in [0.2, 0.25) is 5.02 Å². The van der Waals surface area contributed by atoms with E-state index in [1.807, 2.05) is 0 Å². The van der Waals surface area contributed by atoms with Crippen LogP contribution in [0.5, 0.6) is 0 Å². The predicted octanol–water partition coefficient (Wildman–Crippen LogP) is 2.82. The summed E-state index contributed by atoms with van der Waals surface area (Å²) in [7, 11) is 0. The molecule has 0 aliphatic heterocycles. The van der Waals surface area contributed by atoms with Gasteiger partial charge in [0.1, 0.15) is 5.56 Å². The molecule has 0 bridgehead atoms. The van der Waals surface area contributed by atoms with Crippen LogP contribution >= 0.6 is 11.6 Å². The van der Waals surface area contributed by atoms with Crippen molar-refractivity contribution < 1.29 is 14.2 Å². The SMILES string of the molecule is NC(=O)c1cc(F)c(NC2CCCCC2N)[nH+]c1Nc1cccc(Cl)c1. The predicted molar refractivity (Wildman–Crippen MR) is 100 cm³/mol. The number of aromatic amines is 1. The van der Waals surface area contributed by atoms with E-state index in [2.05, 4.69) is 15.6 Å². The van der Waals surface area contributed by atoms with Crippen molar-refractivity contribution in [1.29, 1.82) is 0 Å². The Morgan fingerprint density at radius 1 is 1.23 bits per heavy atom. The second-order valence-corrected chi connectivity index (χ2v) is 6.92. The summed E-state index contributed by atoms with van der Waals surface area (Å²) in [6, 6.07) is 7.99. The quantitative estimate of drug-likeness (QED) is 0.641. The minimum absolute atomic E-state index is 0.0148. The molecule has 1 aromatic heterocycles. The lowest BCUT2D eigenvalue weighted by atomic mass is 9.91. The second kappa shape index (κ2) is 7.88. The lowest BCUT2D eigenvalue weighted by molar-refractivity contribution is -0.346. The second-order valence-electron chi connectivity index (χ2n) is 6.48. The maximum absolute atomic E-state index is 14.5. The highest BCUT2D eigenvalue weighted by Gasteiger charge is 2.27. The number of pyridine rings is 1. The normalized spacial score (nSPS) is 19.8. The molecule has 1 saturated carbocycles. The van der Waals surface area contributed by atoms with E-state index in [1.54, 1.807) is 24.3 Å². The molecule has 1 aromatic carbocycles. The van der Waals surface area contributed by atoms with Gasteiger partial charge in [0, 0.05) is 17.1 Å². The molecule has 1 fully saturated rings. The van der Waals surface area contributed by atoms with E-state index < -0.39 is 11.7 Å². The van der Waals surface area contributed by atoms with Crippen molar-refractivity contribution in [3.05, 3.63) is 46.7 Å². The van der Waals surface area contributed by atoms with Gasteiger partial charge in [-0.05, 0) is 37.5 Å². The number of amides is 1. The van der Waals surface area contributed by atoms with E-state index in [0.717, 1.165) is 31.7 Å². The van der Waals surface area contributed by atoms with Gasteiger partial charge in [0.05, 0.1) is 11.7 Å². The van der Waals surface area contributed by atoms with Gasteiger partial charge < -0.3 is 11.5 Å². The van der Waals surface area contributed by atoms with E-state index in [9.17, 15) is 9.18 Å². The molecule has 26 heavy (non-hydrogen) atoms. The number of primary amides is 1. The topological polar surface area (TPSA) is 107 Å². The molecule has 7 N–H and O–H groups in total. The number of nitrogens with two attached hydrogens (primary N) is 2. The van der Waals surface area contributed by atoms with Crippen LogP contribution in [-0.2, 0) is 0 Å². The van der Waals surface area contributed by atoms with Crippen molar-refractivity contribution >= 4 is 34.8 Å². The number of H-pyrrole nitrogens is 1. The number of hydrogen-bond acceptors (Lipinski definition) is 4. The fraction of sp³-hybridized carbons (Fsp3) is 0.333. The molecule has 138 valence electrons. The Balaban J connectivity index is 1.92. The molecule has 1 heterocycles. The number of carbonyl (C=O) groups is 1. The van der Waals surface area contributed by atoms with E-state index in [4.69, 9.17) is 23.1 Å². The van der Waals surface area contributed by atoms with Gasteiger partial charge in [-0.3, -0.25) is 15.4 Å². The van der Waals surface area contributed by atoms with Crippen molar-refractivity contribution in [3.8, 4) is 0 Å². The Morgan fingerprint density at radius 2 is 2.00 bits per heavy atom. The summed E-state index contributed by atoms with van der Waals surface area (Å²) >= 11 is 5.99. The van der Waals surface area contributed by atoms with Gasteiger partial charge in [-0.15, -0.1) is 0 Å². The maximum Gasteiger partial charge on any atom is 0.256 e. The third-order valence-corrected chi connectivity index (χ3v) is 4.77. The molecule has 0 saturated heterocycles. The third-order valence-electron chi connectivity index (χ3n) is 4.54. The Morgan fingerprint density at radius 3 is 2.69 bits per heavy atom. The summed E-state index contributed by atoms with van der Waals surface area (Å²) < 4.78 is 14.5. The number of aromatic nitrogens is 1. The first kappa shape index (κ1) is 18.4. The highest BCUT2D eigenvalue weighted by atomic mass is 35.5. The monoisotopic (exact) mass is 378 g/mol. The van der Waals surface area contributed by atoms with Crippen molar-refractivity contribution in [1.82, 2.24) is 0 Å². The molecule has 2 unspecified atom stereocenters. The van der Waals surface area contributed by atoms with Crippen LogP contribution in [0.3, 0.4) is 0 Å². The Bertz CT molecular complexity index is 816. The van der Waals surface area contributed by atoms with Crippen LogP contribution in [0.1, 0.15) is 36.0 Å². The summed E-state index contributed by atoms with van der Waals surface area (Å²) in [5.41, 5.74) is 12.2. The lowest BCUT2D eigenvalue weighted by Gasteiger charge is -2.27. The molecule has 1 aliphatic carbocycles. The molecular formula is C18H22ClFN5O+. The first-order valence-corrected chi connectivity index (χ1v) is 8.92. The number of carbonyl (C=O) groups excluding carboxylic acids is 1. The molecule has 1 aliphatic rings. The summed E-state index contributed by atoms with van der Waals surface area (Å²) in [6.07, 6.45) is 3.88. The summed E-state index contributed by atoms with van der Waals surface area (Å²) in [5, 5.41) is 6.69. The van der Waals surface area contributed by atoms with Gasteiger partial charge in [0.25, 0.3) is 11.7 Å². The van der Waals surface area contributed by atoms with Crippen LogP contribution in [0.15, 0.2) is 30.3 Å². The van der Waals surface area contributed by atoms with Gasteiger partial charge in [0.15, 0.2) is 5.82 Å². The summed E-state index contributed by atoms with van der Waals surface area (Å²) in [6.45, 7) is 0. The van der Waals surface area contributed by atoms with Crippen LogP contribution in [0, 0.1) is 5.82 Å². The Labute approximate surface area is 156 Å². The number of hydrogen-bond donors (Lipinski definition) is 4. The Hall–Kier alpha value is -2.38. The fourth-order valence-corrected chi connectivity index (χ4v) is 3.35. The zero-order valence-electron chi connectivity index (χ0n) is 14.2. The lowest BCUT2D eigenvalue weighted by Crippen LogP contribution is -2.44. The smallest absolute Gasteiger partial charge is 0.256 e. The van der Waals surface area contributed by atoms with Crippen molar-refractivity contribution in [2.24, 2.45) is 11.5 Å². The number of anilines is 3. The fourth-order valence-electron chi connectivity index (χ4n) is 3.16. The van der Waals surface area contributed by atoms with E-state index in [-0.39, 0.29) is 29.3 Å². The number of benzene rings is 1. The zero-order chi connectivity index (χ0) is 18.7. The zero-order valence-corrected chi connectivity index (χ0v) is 14.9. The summed E-state index contributed by atoms with van der Waals surface area (Å²) in [5.74, 6) is -0.881. The molecule has 6 nitrogen and oxygen atoms in total. The average molecular weight is 379 g/mol. The first-order valence-electron chi connectivity index (χ1n) is 8.54. The molecule has 2 aromatic rings. The van der Waals surface area contributed by atoms with Crippen molar-refractivity contribution in [3.63, 3.8) is 0 Å². The largest absolute Gasteiger partial charge is 0.365 e. The maximum atomic E-state index is 14.5. The molecule has 0 spiro atoms. The molecule has 0 radical (unpaired) electrons. The third kappa shape index (κ3) is 4.23.